The fourth-order valence-electron chi connectivity index (χ4n) is 2.27. The molecule has 1 amide bonds. The summed E-state index contributed by atoms with van der Waals surface area (Å²) in [6, 6.07) is 19.4. The van der Waals surface area contributed by atoms with Gasteiger partial charge in [0.1, 0.15) is 11.6 Å². The van der Waals surface area contributed by atoms with E-state index in [-0.39, 0.29) is 6.61 Å². The highest BCUT2D eigenvalue weighted by Gasteiger charge is 2.02. The fraction of sp³-hybridized carbons (Fsp3) is 0.0526. The summed E-state index contributed by atoms with van der Waals surface area (Å²) < 4.78 is 18.2. The molecule has 0 unspecified atom stereocenters. The van der Waals surface area contributed by atoms with E-state index in [4.69, 9.17) is 4.74 Å². The van der Waals surface area contributed by atoms with E-state index >= 15 is 0 Å². The maximum absolute atomic E-state index is 13.0. The molecular weight excluding hydrogens is 307 g/mol. The van der Waals surface area contributed by atoms with Crippen LogP contribution in [0, 0.1) is 5.82 Å². The second kappa shape index (κ2) is 7.37. The normalized spacial score (nSPS) is 10.9. The van der Waals surface area contributed by atoms with E-state index in [1.165, 1.54) is 18.2 Å². The summed E-state index contributed by atoms with van der Waals surface area (Å²) in [5.41, 5.74) is 3.29. The van der Waals surface area contributed by atoms with Crippen molar-refractivity contribution in [3.05, 3.63) is 78.1 Å². The van der Waals surface area contributed by atoms with Crippen LogP contribution in [0.25, 0.3) is 10.8 Å². The number of amides is 1. The third-order valence-corrected chi connectivity index (χ3v) is 3.38. The van der Waals surface area contributed by atoms with E-state index in [1.54, 1.807) is 12.3 Å². The molecule has 3 aromatic carbocycles. The van der Waals surface area contributed by atoms with E-state index in [0.717, 1.165) is 16.3 Å². The second-order valence-electron chi connectivity index (χ2n) is 5.11. The summed E-state index contributed by atoms with van der Waals surface area (Å²) in [6.45, 7) is -0.240. The Balaban J connectivity index is 1.58. The Morgan fingerprint density at radius 2 is 1.88 bits per heavy atom. The topological polar surface area (TPSA) is 50.7 Å². The van der Waals surface area contributed by atoms with Crippen molar-refractivity contribution < 1.29 is 13.9 Å². The van der Waals surface area contributed by atoms with Gasteiger partial charge in [-0.05, 0) is 22.9 Å². The molecule has 0 fully saturated rings. The van der Waals surface area contributed by atoms with Crippen LogP contribution in [-0.4, -0.2) is 18.7 Å². The summed E-state index contributed by atoms with van der Waals surface area (Å²) in [7, 11) is 0. The van der Waals surface area contributed by atoms with Gasteiger partial charge in [-0.1, -0.05) is 48.5 Å². The molecule has 0 atom stereocenters. The lowest BCUT2D eigenvalue weighted by Gasteiger charge is -2.05. The Bertz CT molecular complexity index is 888. The summed E-state index contributed by atoms with van der Waals surface area (Å²) >= 11 is 0. The van der Waals surface area contributed by atoms with Gasteiger partial charge in [0.2, 0.25) is 0 Å². The number of nitrogens with zero attached hydrogens (tertiary/aromatic N) is 1. The van der Waals surface area contributed by atoms with Crippen LogP contribution in [0.3, 0.4) is 0 Å². The number of hydrazone groups is 1. The van der Waals surface area contributed by atoms with Crippen LogP contribution < -0.4 is 10.2 Å². The highest BCUT2D eigenvalue weighted by atomic mass is 19.1. The molecule has 0 spiro atoms. The second-order valence-corrected chi connectivity index (χ2v) is 5.11. The summed E-state index contributed by atoms with van der Waals surface area (Å²) in [6.07, 6.45) is 1.59. The van der Waals surface area contributed by atoms with Gasteiger partial charge >= 0.3 is 0 Å². The fourth-order valence-corrected chi connectivity index (χ4v) is 2.27. The molecule has 0 aliphatic heterocycles. The van der Waals surface area contributed by atoms with Crippen molar-refractivity contribution in [3.63, 3.8) is 0 Å². The predicted molar refractivity (Wildman–Crippen MR) is 91.6 cm³/mol. The van der Waals surface area contributed by atoms with Gasteiger partial charge in [0.15, 0.2) is 6.61 Å². The number of carbonyl (C=O) groups is 1. The van der Waals surface area contributed by atoms with Gasteiger partial charge in [-0.3, -0.25) is 4.79 Å². The summed E-state index contributed by atoms with van der Waals surface area (Å²) in [5, 5.41) is 6.09. The minimum absolute atomic E-state index is 0.240. The maximum Gasteiger partial charge on any atom is 0.277 e. The Labute approximate surface area is 138 Å². The highest BCUT2D eigenvalue weighted by molar-refractivity contribution is 5.99. The summed E-state index contributed by atoms with van der Waals surface area (Å²) in [4.78, 5) is 11.7. The van der Waals surface area contributed by atoms with Crippen LogP contribution in [0.4, 0.5) is 4.39 Å². The van der Waals surface area contributed by atoms with Gasteiger partial charge in [0, 0.05) is 11.6 Å². The number of benzene rings is 3. The first-order valence-corrected chi connectivity index (χ1v) is 7.40. The third kappa shape index (κ3) is 3.95. The van der Waals surface area contributed by atoms with E-state index in [2.05, 4.69) is 10.5 Å². The van der Waals surface area contributed by atoms with Crippen molar-refractivity contribution in [1.29, 1.82) is 0 Å². The van der Waals surface area contributed by atoms with Crippen LogP contribution >= 0.6 is 0 Å². The molecule has 0 saturated carbocycles. The minimum atomic E-state index is -0.421. The number of halogens is 1. The Morgan fingerprint density at radius 1 is 1.08 bits per heavy atom. The number of rotatable bonds is 5. The van der Waals surface area contributed by atoms with Crippen LogP contribution in [0.15, 0.2) is 71.8 Å². The van der Waals surface area contributed by atoms with Gasteiger partial charge in [-0.15, -0.1) is 0 Å². The molecule has 4 nitrogen and oxygen atoms in total. The lowest BCUT2D eigenvalue weighted by molar-refractivity contribution is -0.123. The number of hydrogen-bond acceptors (Lipinski definition) is 3. The number of hydrogen-bond donors (Lipinski definition) is 1. The van der Waals surface area contributed by atoms with Gasteiger partial charge in [0.05, 0.1) is 6.21 Å². The molecule has 3 rings (SSSR count). The van der Waals surface area contributed by atoms with Crippen molar-refractivity contribution in [1.82, 2.24) is 5.43 Å². The molecule has 0 heterocycles. The third-order valence-electron chi connectivity index (χ3n) is 3.38. The predicted octanol–water partition coefficient (Wildman–Crippen LogP) is 3.51. The average molecular weight is 322 g/mol. The quantitative estimate of drug-likeness (QED) is 0.577. The molecule has 0 aromatic heterocycles. The SMILES string of the molecule is O=C(COc1cccc(F)c1)N/N=C\c1cccc2ccccc12. The van der Waals surface area contributed by atoms with E-state index in [0.29, 0.717) is 5.75 Å². The zero-order valence-electron chi connectivity index (χ0n) is 12.8. The summed E-state index contributed by atoms with van der Waals surface area (Å²) in [5.74, 6) is -0.541. The van der Waals surface area contributed by atoms with Crippen LogP contribution in [0.5, 0.6) is 5.75 Å². The van der Waals surface area contributed by atoms with Crippen LogP contribution in [0.1, 0.15) is 5.56 Å². The molecule has 1 N–H and O–H groups in total. The van der Waals surface area contributed by atoms with Crippen LogP contribution in [-0.2, 0) is 4.79 Å². The molecule has 24 heavy (non-hydrogen) atoms. The number of fused-ring (bicyclic) bond motifs is 1. The monoisotopic (exact) mass is 322 g/mol. The van der Waals surface area contributed by atoms with Crippen molar-refractivity contribution in [2.24, 2.45) is 5.10 Å². The largest absolute Gasteiger partial charge is 0.484 e. The number of nitrogens with one attached hydrogen (secondary N) is 1. The lowest BCUT2D eigenvalue weighted by Crippen LogP contribution is -2.24. The molecular formula is C19H15FN2O2. The molecule has 0 aliphatic rings. The first-order chi connectivity index (χ1) is 11.7. The first kappa shape index (κ1) is 15.7. The van der Waals surface area contributed by atoms with Crippen molar-refractivity contribution in [2.45, 2.75) is 0 Å². The Hall–Kier alpha value is -3.21. The van der Waals surface area contributed by atoms with Gasteiger partial charge < -0.3 is 4.74 Å². The maximum atomic E-state index is 13.0. The molecule has 3 aromatic rings. The van der Waals surface area contributed by atoms with E-state index in [9.17, 15) is 9.18 Å². The molecule has 0 aliphatic carbocycles. The van der Waals surface area contributed by atoms with Crippen molar-refractivity contribution in [3.8, 4) is 5.75 Å². The van der Waals surface area contributed by atoms with Gasteiger partial charge in [-0.25, -0.2) is 9.82 Å². The van der Waals surface area contributed by atoms with E-state index < -0.39 is 11.7 Å². The van der Waals surface area contributed by atoms with Gasteiger partial charge in [0.25, 0.3) is 5.91 Å². The molecule has 120 valence electrons. The smallest absolute Gasteiger partial charge is 0.277 e. The molecule has 0 bridgehead atoms. The first-order valence-electron chi connectivity index (χ1n) is 7.40. The molecule has 5 heteroatoms. The van der Waals surface area contributed by atoms with Crippen LogP contribution in [0.2, 0.25) is 0 Å². The molecule has 0 radical (unpaired) electrons. The minimum Gasteiger partial charge on any atom is -0.484 e. The zero-order valence-corrected chi connectivity index (χ0v) is 12.8. The van der Waals surface area contributed by atoms with E-state index in [1.807, 2.05) is 42.5 Å². The number of ether oxygens (including phenoxy) is 1. The Morgan fingerprint density at radius 3 is 2.75 bits per heavy atom. The average Bonchev–Trinajstić information content (AvgIpc) is 2.60. The highest BCUT2D eigenvalue weighted by Crippen LogP contribution is 2.16. The van der Waals surface area contributed by atoms with Gasteiger partial charge in [-0.2, -0.15) is 5.10 Å². The zero-order chi connectivity index (χ0) is 16.8. The van der Waals surface area contributed by atoms with Crippen molar-refractivity contribution in [2.75, 3.05) is 6.61 Å². The van der Waals surface area contributed by atoms with Crippen molar-refractivity contribution >= 4 is 22.9 Å². The Kier molecular flexibility index (Phi) is 4.81. The molecule has 0 saturated heterocycles. The number of carbonyl (C=O) groups excluding carboxylic acids is 1. The lowest BCUT2D eigenvalue weighted by atomic mass is 10.1. The standard InChI is InChI=1S/C19H15FN2O2/c20-16-8-4-9-17(11-16)24-13-19(23)22-21-12-15-7-3-6-14-5-1-2-10-18(14)15/h1-12H,13H2,(H,22,23)/b21-12-.